The smallest absolute Gasteiger partial charge is 0.378 e. The van der Waals surface area contributed by atoms with Crippen LogP contribution in [0.25, 0.3) is 0 Å². The maximum Gasteiger partial charge on any atom is 0.378 e. The number of hydrogen-bond donors (Lipinski definition) is 3. The molecule has 1 aliphatic heterocycles. The molecule has 1 aliphatic carbocycles. The predicted octanol–water partition coefficient (Wildman–Crippen LogP) is 1.39. The maximum atomic E-state index is 11.6. The van der Waals surface area contributed by atoms with Gasteiger partial charge >= 0.3 is 5.97 Å². The van der Waals surface area contributed by atoms with E-state index in [-0.39, 0.29) is 5.76 Å². The molecule has 0 radical (unpaired) electrons. The van der Waals surface area contributed by atoms with Gasteiger partial charge in [-0.15, -0.1) is 0 Å². The van der Waals surface area contributed by atoms with Gasteiger partial charge in [0.15, 0.2) is 11.9 Å². The van der Waals surface area contributed by atoms with Crippen LogP contribution in [0.5, 0.6) is 0 Å². The van der Waals surface area contributed by atoms with Gasteiger partial charge in [-0.05, 0) is 12.0 Å². The number of ether oxygens (including phenoxy) is 2. The van der Waals surface area contributed by atoms with Gasteiger partial charge in [0.05, 0.1) is 12.7 Å². The van der Waals surface area contributed by atoms with Crippen molar-refractivity contribution in [1.82, 2.24) is 0 Å². The highest BCUT2D eigenvalue weighted by atomic mass is 16.6. The Morgan fingerprint density at radius 1 is 1.30 bits per heavy atom. The number of carbonyl (C=O) groups is 1. The van der Waals surface area contributed by atoms with Crippen molar-refractivity contribution in [3.05, 3.63) is 47.4 Å². The van der Waals surface area contributed by atoms with Crippen LogP contribution in [-0.2, 0) is 14.3 Å². The zero-order chi connectivity index (χ0) is 16.6. The van der Waals surface area contributed by atoms with E-state index in [4.69, 9.17) is 9.47 Å². The standard InChI is InChI=1S/C17H20O6/c1-2-3-9-22-13-12(18)16(20)23-15(13)17(21)11(14(17)19)10-7-5-4-6-8-10/h4-8,11,14-15,18-19,21H,2-3,9H2,1H3/t11?,14?,15-,17-/m0/s1. The molecule has 1 saturated carbocycles. The molecule has 6 nitrogen and oxygen atoms in total. The van der Waals surface area contributed by atoms with Crippen molar-refractivity contribution >= 4 is 5.97 Å². The second kappa shape index (κ2) is 5.86. The molecular formula is C17H20O6. The van der Waals surface area contributed by atoms with Crippen LogP contribution in [0.3, 0.4) is 0 Å². The topological polar surface area (TPSA) is 96.2 Å². The van der Waals surface area contributed by atoms with Crippen LogP contribution in [0, 0.1) is 0 Å². The molecule has 0 aromatic heterocycles. The van der Waals surface area contributed by atoms with Gasteiger partial charge in [0.1, 0.15) is 5.60 Å². The molecular weight excluding hydrogens is 300 g/mol. The zero-order valence-electron chi connectivity index (χ0n) is 12.8. The van der Waals surface area contributed by atoms with Crippen LogP contribution in [0.2, 0.25) is 0 Å². The monoisotopic (exact) mass is 320 g/mol. The normalized spacial score (nSPS) is 32.8. The zero-order valence-corrected chi connectivity index (χ0v) is 12.8. The first-order chi connectivity index (χ1) is 11.0. The van der Waals surface area contributed by atoms with E-state index in [1.165, 1.54) is 0 Å². The van der Waals surface area contributed by atoms with Gasteiger partial charge in [-0.25, -0.2) is 4.79 Å². The van der Waals surface area contributed by atoms with Crippen molar-refractivity contribution in [2.75, 3.05) is 6.61 Å². The first-order valence-corrected chi connectivity index (χ1v) is 7.74. The molecule has 4 atom stereocenters. The second-order valence-corrected chi connectivity index (χ2v) is 5.92. The molecule has 2 unspecified atom stereocenters. The van der Waals surface area contributed by atoms with E-state index < -0.39 is 35.5 Å². The fourth-order valence-corrected chi connectivity index (χ4v) is 3.02. The van der Waals surface area contributed by atoms with Crippen molar-refractivity contribution in [3.63, 3.8) is 0 Å². The van der Waals surface area contributed by atoms with E-state index in [2.05, 4.69) is 0 Å². The summed E-state index contributed by atoms with van der Waals surface area (Å²) < 4.78 is 10.5. The Morgan fingerprint density at radius 2 is 2.00 bits per heavy atom. The molecule has 0 spiro atoms. The first-order valence-electron chi connectivity index (χ1n) is 7.74. The molecule has 1 heterocycles. The molecule has 0 bridgehead atoms. The van der Waals surface area contributed by atoms with Crippen LogP contribution >= 0.6 is 0 Å². The van der Waals surface area contributed by atoms with E-state index in [9.17, 15) is 20.1 Å². The Bertz CT molecular complexity index is 625. The minimum Gasteiger partial charge on any atom is -0.499 e. The summed E-state index contributed by atoms with van der Waals surface area (Å²) in [4.78, 5) is 11.6. The number of rotatable bonds is 6. The summed E-state index contributed by atoms with van der Waals surface area (Å²) in [7, 11) is 0. The van der Waals surface area contributed by atoms with Gasteiger partial charge in [-0.2, -0.15) is 0 Å². The van der Waals surface area contributed by atoms with E-state index in [1.807, 2.05) is 13.0 Å². The fraction of sp³-hybridized carbons (Fsp3) is 0.471. The van der Waals surface area contributed by atoms with E-state index in [0.717, 1.165) is 18.4 Å². The molecule has 0 amide bonds. The van der Waals surface area contributed by atoms with Gasteiger partial charge < -0.3 is 24.8 Å². The van der Waals surface area contributed by atoms with Crippen molar-refractivity contribution in [2.24, 2.45) is 0 Å². The largest absolute Gasteiger partial charge is 0.499 e. The second-order valence-electron chi connectivity index (χ2n) is 5.92. The summed E-state index contributed by atoms with van der Waals surface area (Å²) in [6.07, 6.45) is -0.682. The number of hydrogen-bond acceptors (Lipinski definition) is 6. The Kier molecular flexibility index (Phi) is 4.04. The summed E-state index contributed by atoms with van der Waals surface area (Å²) >= 11 is 0. The highest BCUT2D eigenvalue weighted by Crippen LogP contribution is 2.57. The average molecular weight is 320 g/mol. The number of benzene rings is 1. The molecule has 6 heteroatoms. The van der Waals surface area contributed by atoms with Gasteiger partial charge in [-0.1, -0.05) is 43.7 Å². The molecule has 3 N–H and O–H groups in total. The molecule has 1 aromatic carbocycles. The number of aliphatic hydroxyl groups excluding tert-OH is 2. The first kappa shape index (κ1) is 15.8. The maximum absolute atomic E-state index is 11.6. The fourth-order valence-electron chi connectivity index (χ4n) is 3.02. The predicted molar refractivity (Wildman–Crippen MR) is 80.5 cm³/mol. The van der Waals surface area contributed by atoms with Crippen molar-refractivity contribution in [1.29, 1.82) is 0 Å². The number of carbonyl (C=O) groups excluding carboxylic acids is 1. The third kappa shape index (κ3) is 2.48. The molecule has 1 fully saturated rings. The molecule has 0 saturated heterocycles. The van der Waals surface area contributed by atoms with Crippen LogP contribution < -0.4 is 0 Å². The minimum atomic E-state index is -1.69. The number of aliphatic hydroxyl groups is 3. The third-order valence-corrected chi connectivity index (χ3v) is 4.40. The van der Waals surface area contributed by atoms with Crippen LogP contribution in [0.4, 0.5) is 0 Å². The summed E-state index contributed by atoms with van der Waals surface area (Å²) in [5.74, 6) is -2.27. The summed E-state index contributed by atoms with van der Waals surface area (Å²) in [5, 5.41) is 30.9. The highest BCUT2D eigenvalue weighted by molar-refractivity contribution is 5.89. The van der Waals surface area contributed by atoms with E-state index >= 15 is 0 Å². The molecule has 1 aromatic rings. The lowest BCUT2D eigenvalue weighted by atomic mass is 10.0. The van der Waals surface area contributed by atoms with Gasteiger partial charge in [-0.3, -0.25) is 0 Å². The number of unbranched alkanes of at least 4 members (excludes halogenated alkanes) is 1. The number of cyclic esters (lactones) is 1. The Hall–Kier alpha value is -2.05. The van der Waals surface area contributed by atoms with Crippen molar-refractivity contribution in [2.45, 2.75) is 43.5 Å². The van der Waals surface area contributed by atoms with E-state index in [1.54, 1.807) is 24.3 Å². The summed E-state index contributed by atoms with van der Waals surface area (Å²) in [6, 6.07) is 8.99. The Balaban J connectivity index is 1.84. The van der Waals surface area contributed by atoms with Crippen LogP contribution in [-0.4, -0.2) is 45.7 Å². The lowest BCUT2D eigenvalue weighted by Crippen LogP contribution is -2.36. The molecule has 2 aliphatic rings. The lowest BCUT2D eigenvalue weighted by molar-refractivity contribution is -0.150. The van der Waals surface area contributed by atoms with E-state index in [0.29, 0.717) is 6.61 Å². The van der Waals surface area contributed by atoms with Crippen molar-refractivity contribution < 1.29 is 29.6 Å². The molecule has 124 valence electrons. The summed E-state index contributed by atoms with van der Waals surface area (Å²) in [6.45, 7) is 2.28. The lowest BCUT2D eigenvalue weighted by Gasteiger charge is -2.21. The Morgan fingerprint density at radius 3 is 2.65 bits per heavy atom. The summed E-state index contributed by atoms with van der Waals surface area (Å²) in [5.41, 5.74) is -0.957. The van der Waals surface area contributed by atoms with Crippen molar-refractivity contribution in [3.8, 4) is 0 Å². The highest BCUT2D eigenvalue weighted by Gasteiger charge is 2.72. The van der Waals surface area contributed by atoms with Gasteiger partial charge in [0.2, 0.25) is 5.76 Å². The molecule has 3 rings (SSSR count). The van der Waals surface area contributed by atoms with Gasteiger partial charge in [0.25, 0.3) is 0 Å². The SMILES string of the molecule is CCCCOC1=C(O)C(=O)O[C@@H]1[C@@]1(O)C(O)C1c1ccccc1. The quantitative estimate of drug-likeness (QED) is 0.541. The average Bonchev–Trinajstić information content (AvgIpc) is 2.99. The Labute approximate surface area is 134 Å². The van der Waals surface area contributed by atoms with Crippen LogP contribution in [0.1, 0.15) is 31.2 Å². The minimum absolute atomic E-state index is 0.0940. The van der Waals surface area contributed by atoms with Gasteiger partial charge in [0, 0.05) is 5.92 Å². The van der Waals surface area contributed by atoms with Crippen LogP contribution in [0.15, 0.2) is 41.9 Å². The number of esters is 1. The third-order valence-electron chi connectivity index (χ3n) is 4.40. The molecule has 23 heavy (non-hydrogen) atoms.